The van der Waals surface area contributed by atoms with Crippen LogP contribution < -0.4 is 0 Å². The van der Waals surface area contributed by atoms with E-state index in [4.69, 9.17) is 10.8 Å². The first-order valence-electron chi connectivity index (χ1n) is 6.70. The number of carbonyl (C=O) groups is 1. The zero-order chi connectivity index (χ0) is 14.2. The van der Waals surface area contributed by atoms with Gasteiger partial charge in [-0.3, -0.25) is 4.79 Å². The smallest absolute Gasteiger partial charge is 0.193 e. The number of hydrogen-bond donors (Lipinski definition) is 0. The molecular weight excluding hydrogens is 240 g/mol. The minimum absolute atomic E-state index is 0.0265. The standard InChI is InChI=1S/C15H26O2Si/c1-7-12-15(6,13-11-14(5)16)17-18(8-2,9-3)10-4/h1,11,13H,8-10,12H2,2-6H3/b13-11+/t15-/m0/s1. The molecule has 0 saturated carbocycles. The third-order valence-corrected chi connectivity index (χ3v) is 8.27. The summed E-state index contributed by atoms with van der Waals surface area (Å²) in [6, 6.07) is 3.23. The van der Waals surface area contributed by atoms with Crippen molar-refractivity contribution in [2.75, 3.05) is 0 Å². The first-order valence-corrected chi connectivity index (χ1v) is 9.23. The van der Waals surface area contributed by atoms with Gasteiger partial charge in [0.05, 0.1) is 5.60 Å². The summed E-state index contributed by atoms with van der Waals surface area (Å²) in [6.07, 6.45) is 9.33. The second kappa shape index (κ2) is 7.55. The monoisotopic (exact) mass is 266 g/mol. The maximum atomic E-state index is 11.1. The van der Waals surface area contributed by atoms with E-state index in [0.29, 0.717) is 6.42 Å². The molecule has 102 valence electrons. The van der Waals surface area contributed by atoms with Gasteiger partial charge in [0, 0.05) is 6.42 Å². The van der Waals surface area contributed by atoms with Crippen LogP contribution in [0.1, 0.15) is 41.0 Å². The molecule has 2 nitrogen and oxygen atoms in total. The van der Waals surface area contributed by atoms with Crippen molar-refractivity contribution in [3.05, 3.63) is 12.2 Å². The fraction of sp³-hybridized carbons (Fsp3) is 0.667. The lowest BCUT2D eigenvalue weighted by Gasteiger charge is -2.38. The predicted molar refractivity (Wildman–Crippen MR) is 80.0 cm³/mol. The SMILES string of the molecule is C#CC[C@@](C)(/C=C/C(C)=O)O[Si](CC)(CC)CC. The average Bonchev–Trinajstić information content (AvgIpc) is 2.34. The van der Waals surface area contributed by atoms with E-state index >= 15 is 0 Å². The summed E-state index contributed by atoms with van der Waals surface area (Å²) in [5, 5.41) is 0. The highest BCUT2D eigenvalue weighted by Gasteiger charge is 2.36. The van der Waals surface area contributed by atoms with Crippen molar-refractivity contribution >= 4 is 14.1 Å². The van der Waals surface area contributed by atoms with Crippen LogP contribution in [0.5, 0.6) is 0 Å². The Morgan fingerprint density at radius 1 is 1.33 bits per heavy atom. The van der Waals surface area contributed by atoms with Crippen molar-refractivity contribution in [1.82, 2.24) is 0 Å². The predicted octanol–water partition coefficient (Wildman–Crippen LogP) is 3.94. The van der Waals surface area contributed by atoms with Gasteiger partial charge in [0.25, 0.3) is 0 Å². The Hall–Kier alpha value is -0.853. The van der Waals surface area contributed by atoms with Gasteiger partial charge in [-0.2, -0.15) is 0 Å². The molecule has 0 aliphatic heterocycles. The van der Waals surface area contributed by atoms with Gasteiger partial charge in [-0.15, -0.1) is 12.3 Å². The van der Waals surface area contributed by atoms with Crippen molar-refractivity contribution in [3.8, 4) is 12.3 Å². The average molecular weight is 266 g/mol. The van der Waals surface area contributed by atoms with Crippen LogP contribution in [-0.4, -0.2) is 19.7 Å². The first-order chi connectivity index (χ1) is 8.37. The van der Waals surface area contributed by atoms with Gasteiger partial charge in [-0.05, 0) is 44.1 Å². The van der Waals surface area contributed by atoms with Gasteiger partial charge in [0.2, 0.25) is 0 Å². The Kier molecular flexibility index (Phi) is 7.19. The minimum Gasteiger partial charge on any atom is -0.407 e. The van der Waals surface area contributed by atoms with Crippen molar-refractivity contribution in [2.24, 2.45) is 0 Å². The quantitative estimate of drug-likeness (QED) is 0.378. The van der Waals surface area contributed by atoms with Gasteiger partial charge in [-0.1, -0.05) is 20.8 Å². The maximum Gasteiger partial charge on any atom is 0.193 e. The molecular formula is C15H26O2Si. The lowest BCUT2D eigenvalue weighted by Crippen LogP contribution is -2.44. The van der Waals surface area contributed by atoms with Gasteiger partial charge in [0.1, 0.15) is 0 Å². The van der Waals surface area contributed by atoms with Crippen LogP contribution in [0.3, 0.4) is 0 Å². The van der Waals surface area contributed by atoms with Gasteiger partial charge in [-0.25, -0.2) is 0 Å². The molecule has 0 radical (unpaired) electrons. The lowest BCUT2D eigenvalue weighted by atomic mass is 10.0. The van der Waals surface area contributed by atoms with Crippen LogP contribution in [0.25, 0.3) is 0 Å². The molecule has 0 rings (SSSR count). The fourth-order valence-electron chi connectivity index (χ4n) is 2.09. The van der Waals surface area contributed by atoms with E-state index in [2.05, 4.69) is 26.7 Å². The number of hydrogen-bond acceptors (Lipinski definition) is 2. The Morgan fingerprint density at radius 2 is 1.83 bits per heavy atom. The normalized spacial score (nSPS) is 15.3. The van der Waals surface area contributed by atoms with Crippen molar-refractivity contribution in [2.45, 2.75) is 64.8 Å². The second-order valence-electron chi connectivity index (χ2n) is 4.98. The molecule has 0 aliphatic carbocycles. The van der Waals surface area contributed by atoms with Crippen molar-refractivity contribution in [1.29, 1.82) is 0 Å². The molecule has 0 spiro atoms. The topological polar surface area (TPSA) is 26.3 Å². The summed E-state index contributed by atoms with van der Waals surface area (Å²) in [6.45, 7) is 10.1. The van der Waals surface area contributed by atoms with Crippen LogP contribution in [-0.2, 0) is 9.22 Å². The molecule has 1 atom stereocenters. The van der Waals surface area contributed by atoms with Gasteiger partial charge < -0.3 is 4.43 Å². The molecule has 0 aromatic carbocycles. The Balaban J connectivity index is 5.11. The molecule has 0 aromatic heterocycles. The third-order valence-electron chi connectivity index (χ3n) is 3.51. The highest BCUT2D eigenvalue weighted by Crippen LogP contribution is 2.30. The maximum absolute atomic E-state index is 11.1. The summed E-state index contributed by atoms with van der Waals surface area (Å²) in [4.78, 5) is 11.1. The number of terminal acetylenes is 1. The van der Waals surface area contributed by atoms with E-state index in [1.165, 1.54) is 6.92 Å². The van der Waals surface area contributed by atoms with Crippen LogP contribution in [0, 0.1) is 12.3 Å². The molecule has 0 N–H and O–H groups in total. The van der Waals surface area contributed by atoms with E-state index in [9.17, 15) is 4.79 Å². The van der Waals surface area contributed by atoms with E-state index in [1.54, 1.807) is 6.08 Å². The van der Waals surface area contributed by atoms with Gasteiger partial charge >= 0.3 is 0 Å². The molecule has 0 aromatic rings. The Morgan fingerprint density at radius 3 is 2.17 bits per heavy atom. The zero-order valence-electron chi connectivity index (χ0n) is 12.4. The third kappa shape index (κ3) is 5.20. The lowest BCUT2D eigenvalue weighted by molar-refractivity contribution is -0.112. The Bertz CT molecular complexity index is 329. The molecule has 18 heavy (non-hydrogen) atoms. The van der Waals surface area contributed by atoms with Gasteiger partial charge in [0.15, 0.2) is 14.1 Å². The summed E-state index contributed by atoms with van der Waals surface area (Å²) >= 11 is 0. The van der Waals surface area contributed by atoms with E-state index in [1.807, 2.05) is 13.0 Å². The van der Waals surface area contributed by atoms with E-state index in [-0.39, 0.29) is 5.78 Å². The highest BCUT2D eigenvalue weighted by atomic mass is 28.4. The van der Waals surface area contributed by atoms with Crippen LogP contribution in [0.4, 0.5) is 0 Å². The molecule has 0 saturated heterocycles. The summed E-state index contributed by atoms with van der Waals surface area (Å²) in [5.41, 5.74) is -0.505. The summed E-state index contributed by atoms with van der Waals surface area (Å²) in [5.74, 6) is 2.69. The minimum atomic E-state index is -1.72. The van der Waals surface area contributed by atoms with E-state index < -0.39 is 13.9 Å². The van der Waals surface area contributed by atoms with Crippen molar-refractivity contribution < 1.29 is 9.22 Å². The van der Waals surface area contributed by atoms with Crippen LogP contribution in [0.2, 0.25) is 18.1 Å². The Labute approximate surface area is 113 Å². The summed E-state index contributed by atoms with van der Waals surface area (Å²) in [7, 11) is -1.72. The van der Waals surface area contributed by atoms with Crippen LogP contribution in [0.15, 0.2) is 12.2 Å². The molecule has 0 unspecified atom stereocenters. The summed E-state index contributed by atoms with van der Waals surface area (Å²) < 4.78 is 6.42. The molecule has 0 bridgehead atoms. The van der Waals surface area contributed by atoms with E-state index in [0.717, 1.165) is 18.1 Å². The second-order valence-corrected chi connectivity index (χ2v) is 9.67. The number of rotatable bonds is 8. The van der Waals surface area contributed by atoms with Crippen molar-refractivity contribution in [3.63, 3.8) is 0 Å². The molecule has 0 fully saturated rings. The fourth-order valence-corrected chi connectivity index (χ4v) is 5.15. The van der Waals surface area contributed by atoms with Crippen LogP contribution >= 0.6 is 0 Å². The molecule has 0 aliphatic rings. The highest BCUT2D eigenvalue weighted by molar-refractivity contribution is 6.73. The molecule has 0 heterocycles. The number of allylic oxidation sites excluding steroid dienone is 1. The largest absolute Gasteiger partial charge is 0.407 e. The number of carbonyl (C=O) groups excluding carboxylic acids is 1. The number of ketones is 1. The zero-order valence-corrected chi connectivity index (χ0v) is 13.4. The molecule has 0 amide bonds. The first kappa shape index (κ1) is 17.1. The molecule has 3 heteroatoms.